The molecule has 0 unspecified atom stereocenters. The summed E-state index contributed by atoms with van der Waals surface area (Å²) in [6.45, 7) is 9.76. The van der Waals surface area contributed by atoms with Gasteiger partial charge in [-0.05, 0) is 38.7 Å². The van der Waals surface area contributed by atoms with Crippen LogP contribution in [-0.2, 0) is 6.54 Å². The van der Waals surface area contributed by atoms with Crippen molar-refractivity contribution >= 4 is 21.9 Å². The Hall–Kier alpha value is -0.770. The van der Waals surface area contributed by atoms with Crippen LogP contribution < -0.4 is 0 Å². The zero-order chi connectivity index (χ0) is 13.0. The fourth-order valence-electron chi connectivity index (χ4n) is 2.79. The third kappa shape index (κ3) is 1.82. The molecule has 1 aliphatic carbocycles. The van der Waals surface area contributed by atoms with Gasteiger partial charge in [0.25, 0.3) is 0 Å². The van der Waals surface area contributed by atoms with Crippen LogP contribution in [0.1, 0.15) is 38.2 Å². The van der Waals surface area contributed by atoms with Crippen molar-refractivity contribution in [1.82, 2.24) is 4.57 Å². The van der Waals surface area contributed by atoms with Gasteiger partial charge in [-0.25, -0.2) is 4.79 Å². The van der Waals surface area contributed by atoms with Gasteiger partial charge in [-0.1, -0.05) is 27.7 Å². The summed E-state index contributed by atoms with van der Waals surface area (Å²) >= 11 is 3.33. The maximum Gasteiger partial charge on any atom is 0.352 e. The fraction of sp³-hybridized carbons (Fsp3) is 0.615. The van der Waals surface area contributed by atoms with Crippen molar-refractivity contribution in [3.05, 3.63) is 22.4 Å². The summed E-state index contributed by atoms with van der Waals surface area (Å²) < 4.78 is 2.67. The molecule has 0 aliphatic heterocycles. The van der Waals surface area contributed by atoms with Crippen LogP contribution in [0.3, 0.4) is 0 Å². The number of hydrogen-bond donors (Lipinski definition) is 1. The van der Waals surface area contributed by atoms with Crippen molar-refractivity contribution in [2.75, 3.05) is 0 Å². The Labute approximate surface area is 110 Å². The van der Waals surface area contributed by atoms with Crippen LogP contribution in [-0.4, -0.2) is 15.6 Å². The first kappa shape index (κ1) is 12.7. The number of hydrogen-bond acceptors (Lipinski definition) is 1. The molecule has 0 saturated heterocycles. The second kappa shape index (κ2) is 3.61. The molecule has 1 heterocycles. The van der Waals surface area contributed by atoms with Gasteiger partial charge in [0.15, 0.2) is 0 Å². The first-order valence-corrected chi connectivity index (χ1v) is 6.56. The van der Waals surface area contributed by atoms with E-state index in [-0.39, 0.29) is 10.8 Å². The molecule has 94 valence electrons. The van der Waals surface area contributed by atoms with Crippen molar-refractivity contribution in [2.24, 2.45) is 16.7 Å². The minimum atomic E-state index is -0.869. The second-order valence-corrected chi connectivity index (χ2v) is 6.91. The molecule has 0 atom stereocenters. The maximum absolute atomic E-state index is 11.1. The molecule has 1 N–H and O–H groups in total. The average molecular weight is 300 g/mol. The highest BCUT2D eigenvalue weighted by molar-refractivity contribution is 9.10. The summed E-state index contributed by atoms with van der Waals surface area (Å²) in [4.78, 5) is 11.1. The zero-order valence-electron chi connectivity index (χ0n) is 10.6. The molecule has 0 bridgehead atoms. The molecule has 2 rings (SSSR count). The Morgan fingerprint density at radius 2 is 1.94 bits per heavy atom. The molecular weight excluding hydrogens is 282 g/mol. The summed E-state index contributed by atoms with van der Waals surface area (Å²) in [5.41, 5.74) is 0.911. The topological polar surface area (TPSA) is 42.2 Å². The minimum absolute atomic E-state index is 0.277. The van der Waals surface area contributed by atoms with E-state index in [1.54, 1.807) is 6.07 Å². The third-order valence-electron chi connectivity index (χ3n) is 4.78. The molecule has 1 aromatic heterocycles. The summed E-state index contributed by atoms with van der Waals surface area (Å²) in [6.07, 6.45) is 1.86. The van der Waals surface area contributed by atoms with Gasteiger partial charge >= 0.3 is 5.97 Å². The van der Waals surface area contributed by atoms with Gasteiger partial charge in [0.2, 0.25) is 0 Å². The molecule has 1 saturated carbocycles. The predicted molar refractivity (Wildman–Crippen MR) is 70.1 cm³/mol. The number of carboxylic acid groups (broad SMARTS) is 1. The van der Waals surface area contributed by atoms with Gasteiger partial charge in [-0.15, -0.1) is 0 Å². The van der Waals surface area contributed by atoms with Crippen LogP contribution in [0.5, 0.6) is 0 Å². The zero-order valence-corrected chi connectivity index (χ0v) is 12.2. The van der Waals surface area contributed by atoms with Gasteiger partial charge < -0.3 is 9.67 Å². The van der Waals surface area contributed by atoms with E-state index in [1.807, 2.05) is 10.8 Å². The highest BCUT2D eigenvalue weighted by atomic mass is 79.9. The van der Waals surface area contributed by atoms with Gasteiger partial charge in [0, 0.05) is 17.2 Å². The number of nitrogens with zero attached hydrogens (tertiary/aromatic N) is 1. The SMILES string of the molecule is CC1(C)C(Cn2cc(Br)cc2C(=O)O)C1(C)C. The Balaban J connectivity index is 2.24. The molecule has 4 heteroatoms. The number of aromatic carboxylic acids is 1. The van der Waals surface area contributed by atoms with Gasteiger partial charge in [0.05, 0.1) is 0 Å². The largest absolute Gasteiger partial charge is 0.477 e. The number of rotatable bonds is 3. The van der Waals surface area contributed by atoms with E-state index in [9.17, 15) is 4.79 Å². The lowest BCUT2D eigenvalue weighted by atomic mass is 10.0. The van der Waals surface area contributed by atoms with Crippen molar-refractivity contribution in [3.8, 4) is 0 Å². The van der Waals surface area contributed by atoms with Crippen LogP contribution in [0.25, 0.3) is 0 Å². The molecular formula is C13H18BrNO2. The Morgan fingerprint density at radius 3 is 2.35 bits per heavy atom. The normalized spacial score (nSPS) is 21.5. The van der Waals surface area contributed by atoms with Crippen LogP contribution in [0.15, 0.2) is 16.7 Å². The first-order chi connectivity index (χ1) is 7.68. The molecule has 0 aromatic carbocycles. The maximum atomic E-state index is 11.1. The number of halogens is 1. The summed E-state index contributed by atoms with van der Waals surface area (Å²) in [5, 5.41) is 9.13. The monoisotopic (exact) mass is 299 g/mol. The van der Waals surface area contributed by atoms with Crippen molar-refractivity contribution in [1.29, 1.82) is 0 Å². The highest BCUT2D eigenvalue weighted by Gasteiger charge is 2.64. The van der Waals surface area contributed by atoms with Crippen molar-refractivity contribution < 1.29 is 9.90 Å². The van der Waals surface area contributed by atoms with E-state index >= 15 is 0 Å². The molecule has 1 aliphatic rings. The van der Waals surface area contributed by atoms with E-state index < -0.39 is 5.97 Å². The second-order valence-electron chi connectivity index (χ2n) is 6.00. The Bertz CT molecular complexity index is 460. The lowest BCUT2D eigenvalue weighted by Crippen LogP contribution is -2.10. The fourth-order valence-corrected chi connectivity index (χ4v) is 3.26. The number of carbonyl (C=O) groups is 1. The summed E-state index contributed by atoms with van der Waals surface area (Å²) in [6, 6.07) is 1.66. The van der Waals surface area contributed by atoms with Gasteiger partial charge in [-0.2, -0.15) is 0 Å². The molecule has 0 radical (unpaired) electrons. The Kier molecular flexibility index (Phi) is 2.69. The van der Waals surface area contributed by atoms with E-state index in [0.29, 0.717) is 11.6 Å². The highest BCUT2D eigenvalue weighted by Crippen LogP contribution is 2.68. The van der Waals surface area contributed by atoms with E-state index in [0.717, 1.165) is 11.0 Å². The summed E-state index contributed by atoms with van der Waals surface area (Å²) in [5.74, 6) is -0.348. The van der Waals surface area contributed by atoms with E-state index in [2.05, 4.69) is 43.6 Å². The predicted octanol–water partition coefficient (Wildman–Crippen LogP) is 3.63. The molecule has 1 aromatic rings. The quantitative estimate of drug-likeness (QED) is 0.926. The molecule has 0 amide bonds. The van der Waals surface area contributed by atoms with E-state index in [4.69, 9.17) is 5.11 Å². The minimum Gasteiger partial charge on any atom is -0.477 e. The van der Waals surface area contributed by atoms with Crippen LogP contribution in [0.2, 0.25) is 0 Å². The molecule has 1 fully saturated rings. The van der Waals surface area contributed by atoms with Gasteiger partial charge in [0.1, 0.15) is 5.69 Å². The van der Waals surface area contributed by atoms with E-state index in [1.165, 1.54) is 0 Å². The molecule has 17 heavy (non-hydrogen) atoms. The molecule has 0 spiro atoms. The lowest BCUT2D eigenvalue weighted by Gasteiger charge is -2.07. The average Bonchev–Trinajstić information content (AvgIpc) is 2.51. The lowest BCUT2D eigenvalue weighted by molar-refractivity contribution is 0.0684. The summed E-state index contributed by atoms with van der Waals surface area (Å²) in [7, 11) is 0. The Morgan fingerprint density at radius 1 is 1.41 bits per heavy atom. The first-order valence-electron chi connectivity index (χ1n) is 5.77. The number of aromatic nitrogens is 1. The third-order valence-corrected chi connectivity index (χ3v) is 5.21. The standard InChI is InChI=1S/C13H18BrNO2/c1-12(2)10(13(12,3)4)7-15-6-8(14)5-9(15)11(16)17/h5-6,10H,7H2,1-4H3,(H,16,17). The van der Waals surface area contributed by atoms with Crippen LogP contribution in [0.4, 0.5) is 0 Å². The smallest absolute Gasteiger partial charge is 0.352 e. The molecule has 3 nitrogen and oxygen atoms in total. The van der Waals surface area contributed by atoms with Crippen molar-refractivity contribution in [3.63, 3.8) is 0 Å². The van der Waals surface area contributed by atoms with Crippen LogP contribution in [0, 0.1) is 16.7 Å². The van der Waals surface area contributed by atoms with Crippen molar-refractivity contribution in [2.45, 2.75) is 34.2 Å². The van der Waals surface area contributed by atoms with Gasteiger partial charge in [-0.3, -0.25) is 0 Å². The number of carboxylic acids is 1. The van der Waals surface area contributed by atoms with Crippen LogP contribution >= 0.6 is 15.9 Å².